The van der Waals surface area contributed by atoms with Crippen molar-refractivity contribution in [1.29, 1.82) is 0 Å². The van der Waals surface area contributed by atoms with Crippen molar-refractivity contribution in [3.05, 3.63) is 65.7 Å². The van der Waals surface area contributed by atoms with E-state index in [0.29, 0.717) is 13.0 Å². The second-order valence-corrected chi connectivity index (χ2v) is 6.52. The van der Waals surface area contributed by atoms with Gasteiger partial charge in [0.05, 0.1) is 0 Å². The molecule has 0 saturated heterocycles. The second-order valence-electron chi connectivity index (χ2n) is 6.52. The molecule has 1 atom stereocenters. The van der Waals surface area contributed by atoms with E-state index in [0.717, 1.165) is 23.3 Å². The third-order valence-electron chi connectivity index (χ3n) is 4.06. The van der Waals surface area contributed by atoms with Gasteiger partial charge < -0.3 is 14.2 Å². The quantitative estimate of drug-likeness (QED) is 0.487. The van der Waals surface area contributed by atoms with Gasteiger partial charge in [-0.15, -0.1) is 0 Å². The van der Waals surface area contributed by atoms with Crippen LogP contribution in [0.1, 0.15) is 38.3 Å². The lowest BCUT2D eigenvalue weighted by atomic mass is 10.0. The predicted molar refractivity (Wildman–Crippen MR) is 102 cm³/mol. The lowest BCUT2D eigenvalue weighted by Gasteiger charge is -2.23. The summed E-state index contributed by atoms with van der Waals surface area (Å²) in [6, 6.07) is 17.9. The first-order valence-corrected chi connectivity index (χ1v) is 9.04. The van der Waals surface area contributed by atoms with Gasteiger partial charge in [-0.2, -0.15) is 0 Å². The molecule has 0 spiro atoms. The molecular weight excluding hydrogens is 344 g/mol. The molecule has 0 bridgehead atoms. The molecule has 1 unspecified atom stereocenters. The summed E-state index contributed by atoms with van der Waals surface area (Å²) in [6.45, 7) is 5.02. The maximum atomic E-state index is 11.2. The smallest absolute Gasteiger partial charge is 0.305 e. The summed E-state index contributed by atoms with van der Waals surface area (Å²) in [4.78, 5) is 22.4. The summed E-state index contributed by atoms with van der Waals surface area (Å²) in [5.41, 5.74) is 2.22. The lowest BCUT2D eigenvalue weighted by Crippen LogP contribution is -2.29. The maximum absolute atomic E-state index is 11.2. The fourth-order valence-corrected chi connectivity index (χ4v) is 2.65. The molecule has 144 valence electrons. The van der Waals surface area contributed by atoms with Crippen LogP contribution in [0, 0.1) is 5.92 Å². The topological polar surface area (TPSA) is 61.8 Å². The van der Waals surface area contributed by atoms with E-state index in [1.54, 1.807) is 0 Å². The fraction of sp³-hybridized carbons (Fsp3) is 0.364. The van der Waals surface area contributed by atoms with Crippen LogP contribution in [-0.2, 0) is 32.1 Å². The molecule has 2 rings (SSSR count). The van der Waals surface area contributed by atoms with Gasteiger partial charge in [-0.1, -0.05) is 49.4 Å². The molecule has 0 aliphatic heterocycles. The van der Waals surface area contributed by atoms with E-state index in [2.05, 4.69) is 0 Å². The minimum absolute atomic E-state index is 0.119. The van der Waals surface area contributed by atoms with Crippen LogP contribution in [0.4, 0.5) is 0 Å². The van der Waals surface area contributed by atoms with Gasteiger partial charge in [-0.05, 0) is 36.1 Å². The van der Waals surface area contributed by atoms with E-state index in [1.165, 1.54) is 13.8 Å². The van der Waals surface area contributed by atoms with Crippen LogP contribution < -0.4 is 4.74 Å². The van der Waals surface area contributed by atoms with Crippen molar-refractivity contribution < 1.29 is 23.8 Å². The van der Waals surface area contributed by atoms with Crippen LogP contribution in [0.5, 0.6) is 5.75 Å². The average molecular weight is 370 g/mol. The van der Waals surface area contributed by atoms with E-state index >= 15 is 0 Å². The zero-order chi connectivity index (χ0) is 19.6. The Morgan fingerprint density at radius 3 is 2.15 bits per heavy atom. The fourth-order valence-electron chi connectivity index (χ4n) is 2.65. The number of aryl methyl sites for hydroxylation is 1. The molecule has 0 amide bonds. The Morgan fingerprint density at radius 1 is 0.889 bits per heavy atom. The SMILES string of the molecule is CC(=O)OC(OC(C)=O)C(C)CCc1cccc(OCc2ccccc2)c1. The van der Waals surface area contributed by atoms with Crippen LogP contribution in [0.2, 0.25) is 0 Å². The lowest BCUT2D eigenvalue weighted by molar-refractivity contribution is -0.194. The summed E-state index contributed by atoms with van der Waals surface area (Å²) < 4.78 is 16.1. The van der Waals surface area contributed by atoms with Crippen molar-refractivity contribution in [1.82, 2.24) is 0 Å². The largest absolute Gasteiger partial charge is 0.489 e. The molecule has 2 aromatic carbocycles. The highest BCUT2D eigenvalue weighted by Crippen LogP contribution is 2.20. The Kier molecular flexibility index (Phi) is 7.86. The third kappa shape index (κ3) is 7.52. The monoisotopic (exact) mass is 370 g/mol. The minimum atomic E-state index is -0.863. The van der Waals surface area contributed by atoms with Gasteiger partial charge in [0, 0.05) is 19.8 Å². The standard InChI is InChI=1S/C22H26O5/c1-16(22(26-17(2)23)27-18(3)24)12-13-19-10-7-11-21(14-19)25-15-20-8-5-4-6-9-20/h4-11,14,16,22H,12-13,15H2,1-3H3. The van der Waals surface area contributed by atoms with Gasteiger partial charge in [0.1, 0.15) is 12.4 Å². The highest BCUT2D eigenvalue weighted by Gasteiger charge is 2.23. The van der Waals surface area contributed by atoms with Crippen LogP contribution >= 0.6 is 0 Å². The van der Waals surface area contributed by atoms with Gasteiger partial charge in [0.15, 0.2) is 0 Å². The number of hydrogen-bond donors (Lipinski definition) is 0. The highest BCUT2D eigenvalue weighted by atomic mass is 16.7. The number of carbonyl (C=O) groups excluding carboxylic acids is 2. The Labute approximate surface area is 160 Å². The van der Waals surface area contributed by atoms with E-state index in [-0.39, 0.29) is 5.92 Å². The molecule has 27 heavy (non-hydrogen) atoms. The zero-order valence-electron chi connectivity index (χ0n) is 16.0. The molecule has 0 aromatic heterocycles. The molecule has 0 aliphatic rings. The molecule has 2 aromatic rings. The van der Waals surface area contributed by atoms with Crippen molar-refractivity contribution in [3.8, 4) is 5.75 Å². The van der Waals surface area contributed by atoms with Crippen molar-refractivity contribution in [2.45, 2.75) is 46.5 Å². The van der Waals surface area contributed by atoms with Crippen molar-refractivity contribution in [3.63, 3.8) is 0 Å². The van der Waals surface area contributed by atoms with Crippen molar-refractivity contribution >= 4 is 11.9 Å². The van der Waals surface area contributed by atoms with Crippen molar-refractivity contribution in [2.75, 3.05) is 0 Å². The number of ether oxygens (including phenoxy) is 3. The van der Waals surface area contributed by atoms with E-state index < -0.39 is 18.2 Å². The van der Waals surface area contributed by atoms with Crippen molar-refractivity contribution in [2.24, 2.45) is 5.92 Å². The first-order chi connectivity index (χ1) is 12.9. The van der Waals surface area contributed by atoms with Gasteiger partial charge in [-0.3, -0.25) is 9.59 Å². The molecule has 0 heterocycles. The predicted octanol–water partition coefficient (Wildman–Crippen LogP) is 4.29. The molecule has 0 fully saturated rings. The van der Waals surface area contributed by atoms with Gasteiger partial charge in [0.25, 0.3) is 0 Å². The molecule has 0 aliphatic carbocycles. The Hall–Kier alpha value is -2.82. The second kappa shape index (κ2) is 10.4. The molecule has 5 heteroatoms. The highest BCUT2D eigenvalue weighted by molar-refractivity contribution is 5.68. The van der Waals surface area contributed by atoms with Crippen LogP contribution in [0.3, 0.4) is 0 Å². The van der Waals surface area contributed by atoms with Crippen LogP contribution in [-0.4, -0.2) is 18.2 Å². The molecular formula is C22H26O5. The number of benzene rings is 2. The molecule has 0 N–H and O–H groups in total. The first kappa shape index (κ1) is 20.5. The first-order valence-electron chi connectivity index (χ1n) is 9.04. The third-order valence-corrected chi connectivity index (χ3v) is 4.06. The number of esters is 2. The van der Waals surface area contributed by atoms with E-state index in [1.807, 2.05) is 61.5 Å². The Morgan fingerprint density at radius 2 is 1.52 bits per heavy atom. The number of hydrogen-bond acceptors (Lipinski definition) is 5. The molecule has 0 saturated carbocycles. The number of carbonyl (C=O) groups is 2. The summed E-state index contributed by atoms with van der Waals surface area (Å²) in [6.07, 6.45) is 0.591. The average Bonchev–Trinajstić information content (AvgIpc) is 2.64. The summed E-state index contributed by atoms with van der Waals surface area (Å²) in [5.74, 6) is -0.249. The minimum Gasteiger partial charge on any atom is -0.489 e. The summed E-state index contributed by atoms with van der Waals surface area (Å²) >= 11 is 0. The summed E-state index contributed by atoms with van der Waals surface area (Å²) in [7, 11) is 0. The zero-order valence-corrected chi connectivity index (χ0v) is 16.0. The van der Waals surface area contributed by atoms with Gasteiger partial charge in [0.2, 0.25) is 6.29 Å². The van der Waals surface area contributed by atoms with Gasteiger partial charge in [-0.25, -0.2) is 0 Å². The Bertz CT molecular complexity index is 725. The normalized spacial score (nSPS) is 11.7. The Balaban J connectivity index is 1.90. The molecule has 5 nitrogen and oxygen atoms in total. The van der Waals surface area contributed by atoms with Crippen LogP contribution in [0.25, 0.3) is 0 Å². The van der Waals surface area contributed by atoms with Crippen LogP contribution in [0.15, 0.2) is 54.6 Å². The number of rotatable bonds is 9. The molecule has 0 radical (unpaired) electrons. The maximum Gasteiger partial charge on any atom is 0.305 e. The van der Waals surface area contributed by atoms with E-state index in [4.69, 9.17) is 14.2 Å². The summed E-state index contributed by atoms with van der Waals surface area (Å²) in [5, 5.41) is 0. The van der Waals surface area contributed by atoms with E-state index in [9.17, 15) is 9.59 Å². The van der Waals surface area contributed by atoms with Gasteiger partial charge >= 0.3 is 11.9 Å².